The number of hydrogen-bond acceptors (Lipinski definition) is 8. The van der Waals surface area contributed by atoms with Crippen LogP contribution < -0.4 is 21.5 Å². The van der Waals surface area contributed by atoms with Gasteiger partial charge in [0.05, 0.1) is 30.3 Å². The zero-order valence-corrected chi connectivity index (χ0v) is 19.2. The van der Waals surface area contributed by atoms with Gasteiger partial charge >= 0.3 is 0 Å². The number of methoxy groups -OCH3 is 1. The first-order chi connectivity index (χ1) is 16.0. The molecule has 1 unspecified atom stereocenters. The largest absolute Gasteiger partial charge is 0.383 e. The number of nitrogens with one attached hydrogen (secondary N) is 1. The van der Waals surface area contributed by atoms with Crippen LogP contribution in [-0.4, -0.2) is 54.9 Å². The van der Waals surface area contributed by atoms with E-state index in [-0.39, 0.29) is 24.1 Å². The molecule has 0 bridgehead atoms. The highest BCUT2D eigenvalue weighted by Crippen LogP contribution is 2.26. The lowest BCUT2D eigenvalue weighted by molar-refractivity contribution is 0.0939. The molecule has 4 rings (SSSR count). The third-order valence-electron chi connectivity index (χ3n) is 5.70. The summed E-state index contributed by atoms with van der Waals surface area (Å²) in [6, 6.07) is 9.38. The Morgan fingerprint density at radius 1 is 1.42 bits per heavy atom. The molecule has 1 aliphatic rings. The number of rotatable bonds is 7. The monoisotopic (exact) mass is 466 g/mol. The van der Waals surface area contributed by atoms with Crippen molar-refractivity contribution in [2.75, 3.05) is 38.3 Å². The molecule has 1 saturated heterocycles. The van der Waals surface area contributed by atoms with Crippen LogP contribution in [0.1, 0.15) is 34.3 Å². The lowest BCUT2D eigenvalue weighted by atomic mass is 10.1. The molecule has 3 aromatic rings. The SMILES string of the molecule is COCCNC(=O)c1csc2c(=O)n(Cc3ccccc3C#N)c(N3CCCC(N)C3)nc12. The lowest BCUT2D eigenvalue weighted by Crippen LogP contribution is -2.45. The second-order valence-electron chi connectivity index (χ2n) is 8.00. The topological polar surface area (TPSA) is 126 Å². The second-order valence-corrected chi connectivity index (χ2v) is 8.88. The number of amides is 1. The van der Waals surface area contributed by atoms with Gasteiger partial charge in [0.25, 0.3) is 11.5 Å². The van der Waals surface area contributed by atoms with Crippen molar-refractivity contribution in [1.29, 1.82) is 5.26 Å². The van der Waals surface area contributed by atoms with Crippen molar-refractivity contribution in [2.24, 2.45) is 5.73 Å². The molecule has 0 radical (unpaired) electrons. The fraction of sp³-hybridized carbons (Fsp3) is 0.391. The molecule has 33 heavy (non-hydrogen) atoms. The van der Waals surface area contributed by atoms with Crippen LogP contribution in [0.5, 0.6) is 0 Å². The number of aromatic nitrogens is 2. The van der Waals surface area contributed by atoms with Crippen molar-refractivity contribution >= 4 is 33.4 Å². The van der Waals surface area contributed by atoms with Gasteiger partial charge in [0.2, 0.25) is 5.95 Å². The molecule has 0 aliphatic carbocycles. The first kappa shape index (κ1) is 22.9. The van der Waals surface area contributed by atoms with Crippen LogP contribution in [0.4, 0.5) is 5.95 Å². The minimum absolute atomic E-state index is 0.0227. The van der Waals surface area contributed by atoms with Crippen molar-refractivity contribution in [3.63, 3.8) is 0 Å². The van der Waals surface area contributed by atoms with Crippen LogP contribution >= 0.6 is 11.3 Å². The van der Waals surface area contributed by atoms with Crippen LogP contribution in [-0.2, 0) is 11.3 Å². The van der Waals surface area contributed by atoms with E-state index < -0.39 is 0 Å². The Kier molecular flexibility index (Phi) is 7.03. The number of anilines is 1. The molecule has 0 saturated carbocycles. The summed E-state index contributed by atoms with van der Waals surface area (Å²) in [4.78, 5) is 33.2. The predicted molar refractivity (Wildman–Crippen MR) is 128 cm³/mol. The lowest BCUT2D eigenvalue weighted by Gasteiger charge is -2.33. The normalized spacial score (nSPS) is 16.0. The maximum absolute atomic E-state index is 13.6. The fourth-order valence-corrected chi connectivity index (χ4v) is 4.96. The average molecular weight is 467 g/mol. The molecule has 10 heteroatoms. The van der Waals surface area contributed by atoms with Gasteiger partial charge in [0.1, 0.15) is 10.2 Å². The van der Waals surface area contributed by atoms with Gasteiger partial charge in [-0.1, -0.05) is 18.2 Å². The smallest absolute Gasteiger partial charge is 0.273 e. The molecule has 0 spiro atoms. The van der Waals surface area contributed by atoms with Gasteiger partial charge in [-0.15, -0.1) is 11.3 Å². The number of piperidine rings is 1. The van der Waals surface area contributed by atoms with E-state index in [9.17, 15) is 14.9 Å². The molecule has 1 aliphatic heterocycles. The Morgan fingerprint density at radius 2 is 2.24 bits per heavy atom. The Balaban J connectivity index is 1.83. The maximum Gasteiger partial charge on any atom is 0.273 e. The van der Waals surface area contributed by atoms with E-state index in [1.807, 2.05) is 17.0 Å². The number of hydrogen-bond donors (Lipinski definition) is 2. The minimum atomic E-state index is -0.293. The Labute approximate surface area is 195 Å². The Bertz CT molecular complexity index is 1260. The Hall–Kier alpha value is -3.26. The highest BCUT2D eigenvalue weighted by Gasteiger charge is 2.25. The van der Waals surface area contributed by atoms with Crippen molar-refractivity contribution in [1.82, 2.24) is 14.9 Å². The number of thiophene rings is 1. The van der Waals surface area contributed by atoms with Gasteiger partial charge < -0.3 is 20.7 Å². The quantitative estimate of drug-likeness (QED) is 0.507. The maximum atomic E-state index is 13.6. The fourth-order valence-electron chi connectivity index (χ4n) is 4.02. The van der Waals surface area contributed by atoms with Crippen molar-refractivity contribution in [3.05, 3.63) is 56.7 Å². The highest BCUT2D eigenvalue weighted by molar-refractivity contribution is 7.17. The summed E-state index contributed by atoms with van der Waals surface area (Å²) >= 11 is 1.20. The van der Waals surface area contributed by atoms with E-state index >= 15 is 0 Å². The number of carbonyl (C=O) groups excluding carboxylic acids is 1. The van der Waals surface area contributed by atoms with Crippen LogP contribution in [0.2, 0.25) is 0 Å². The van der Waals surface area contributed by atoms with E-state index in [1.165, 1.54) is 11.3 Å². The molecule has 1 fully saturated rings. The number of benzene rings is 1. The van der Waals surface area contributed by atoms with Crippen molar-refractivity contribution in [2.45, 2.75) is 25.4 Å². The summed E-state index contributed by atoms with van der Waals surface area (Å²) in [6.07, 6.45) is 1.80. The third kappa shape index (κ3) is 4.75. The summed E-state index contributed by atoms with van der Waals surface area (Å²) in [5.41, 5.74) is 7.98. The molecule has 2 aromatic heterocycles. The first-order valence-electron chi connectivity index (χ1n) is 10.8. The summed E-state index contributed by atoms with van der Waals surface area (Å²) in [5.74, 6) is 0.179. The van der Waals surface area contributed by atoms with Gasteiger partial charge in [-0.25, -0.2) is 4.98 Å². The number of nitrogens with zero attached hydrogens (tertiary/aromatic N) is 4. The number of nitrogens with two attached hydrogens (primary N) is 1. The number of carbonyl (C=O) groups is 1. The predicted octanol–water partition coefficient (Wildman–Crippen LogP) is 1.68. The number of ether oxygens (including phenoxy) is 1. The van der Waals surface area contributed by atoms with E-state index in [1.54, 1.807) is 29.2 Å². The molecule has 1 atom stereocenters. The first-order valence-corrected chi connectivity index (χ1v) is 11.7. The Morgan fingerprint density at radius 3 is 3.00 bits per heavy atom. The molecular weight excluding hydrogens is 440 g/mol. The summed E-state index contributed by atoms with van der Waals surface area (Å²) in [7, 11) is 1.57. The minimum Gasteiger partial charge on any atom is -0.383 e. The standard InChI is InChI=1S/C23H26N6O3S/c1-32-10-8-26-21(30)18-14-33-20-19(18)27-23(28-9-4-7-17(25)13-28)29(22(20)31)12-16-6-3-2-5-15(16)11-24/h2-3,5-6,14,17H,4,7-10,12-13,25H2,1H3,(H,26,30). The van der Waals surface area contributed by atoms with Crippen LogP contribution in [0, 0.1) is 11.3 Å². The second kappa shape index (κ2) is 10.1. The van der Waals surface area contributed by atoms with Gasteiger partial charge in [-0.3, -0.25) is 14.2 Å². The zero-order valence-electron chi connectivity index (χ0n) is 18.4. The number of nitriles is 1. The van der Waals surface area contributed by atoms with E-state index in [0.717, 1.165) is 18.4 Å². The molecular formula is C23H26N6O3S. The van der Waals surface area contributed by atoms with E-state index in [0.29, 0.717) is 53.5 Å². The average Bonchev–Trinajstić information content (AvgIpc) is 3.25. The molecule has 3 heterocycles. The number of fused-ring (bicyclic) bond motifs is 1. The highest BCUT2D eigenvalue weighted by atomic mass is 32.1. The molecule has 9 nitrogen and oxygen atoms in total. The summed E-state index contributed by atoms with van der Waals surface area (Å²) in [6.45, 7) is 2.24. The van der Waals surface area contributed by atoms with Crippen LogP contribution in [0.15, 0.2) is 34.4 Å². The summed E-state index contributed by atoms with van der Waals surface area (Å²) in [5, 5.41) is 14.0. The van der Waals surface area contributed by atoms with E-state index in [4.69, 9.17) is 15.5 Å². The summed E-state index contributed by atoms with van der Waals surface area (Å²) < 4.78 is 7.00. The van der Waals surface area contributed by atoms with Gasteiger partial charge in [0, 0.05) is 38.2 Å². The van der Waals surface area contributed by atoms with Gasteiger partial charge in [0.15, 0.2) is 0 Å². The van der Waals surface area contributed by atoms with Crippen molar-refractivity contribution in [3.8, 4) is 6.07 Å². The molecule has 172 valence electrons. The van der Waals surface area contributed by atoms with Crippen LogP contribution in [0.25, 0.3) is 10.2 Å². The molecule has 1 amide bonds. The molecule has 3 N–H and O–H groups in total. The third-order valence-corrected chi connectivity index (χ3v) is 6.66. The van der Waals surface area contributed by atoms with Crippen molar-refractivity contribution < 1.29 is 9.53 Å². The van der Waals surface area contributed by atoms with Crippen LogP contribution in [0.3, 0.4) is 0 Å². The zero-order chi connectivity index (χ0) is 23.4. The molecule has 1 aromatic carbocycles. The van der Waals surface area contributed by atoms with Gasteiger partial charge in [-0.2, -0.15) is 5.26 Å². The van der Waals surface area contributed by atoms with Gasteiger partial charge in [-0.05, 0) is 24.5 Å². The van der Waals surface area contributed by atoms with E-state index in [2.05, 4.69) is 11.4 Å².